The van der Waals surface area contributed by atoms with Crippen LogP contribution in [0, 0.1) is 0 Å². The second-order valence-electron chi connectivity index (χ2n) is 8.15. The van der Waals surface area contributed by atoms with Gasteiger partial charge in [-0.1, -0.05) is 24.8 Å². The van der Waals surface area contributed by atoms with Crippen LogP contribution in [-0.4, -0.2) is 43.9 Å². The summed E-state index contributed by atoms with van der Waals surface area (Å²) in [7, 11) is 0. The number of aromatic nitrogens is 4. The Morgan fingerprint density at radius 2 is 1.76 bits per heavy atom. The van der Waals surface area contributed by atoms with Gasteiger partial charge in [-0.2, -0.15) is 10.2 Å². The molecule has 5 rings (SSSR count). The number of likely N-dealkylation sites (tertiary alicyclic amines) is 1. The second kappa shape index (κ2) is 8.86. The van der Waals surface area contributed by atoms with Crippen LogP contribution in [0.1, 0.15) is 18.9 Å². The van der Waals surface area contributed by atoms with Gasteiger partial charge in [0.2, 0.25) is 5.91 Å². The number of nitrogens with one attached hydrogen (secondary N) is 1. The molecule has 1 saturated heterocycles. The van der Waals surface area contributed by atoms with E-state index in [2.05, 4.69) is 16.8 Å². The molecule has 9 heteroatoms. The number of piperidine rings is 1. The molecule has 2 aromatic heterocycles. The van der Waals surface area contributed by atoms with Crippen LogP contribution >= 0.6 is 0 Å². The first-order chi connectivity index (χ1) is 16.5. The Balaban J connectivity index is 1.50. The highest BCUT2D eigenvalue weighted by molar-refractivity contribution is 5.99. The standard InChI is InChI=1S/C25H24N6O3/c1-2-20(32)30-14-12-17(13-15-30)31-23-21(24(26)27-28-25(23)33)22(29-31)16-8-10-19(11-9-16)34-18-6-4-3-5-7-18/h2-11,17H,1,12-15H2,(H2,26,27)(H,28,33). The zero-order valence-corrected chi connectivity index (χ0v) is 18.5. The molecule has 2 aromatic carbocycles. The molecule has 0 bridgehead atoms. The summed E-state index contributed by atoms with van der Waals surface area (Å²) in [6.07, 6.45) is 2.66. The van der Waals surface area contributed by atoms with Crippen molar-refractivity contribution in [3.63, 3.8) is 0 Å². The summed E-state index contributed by atoms with van der Waals surface area (Å²) >= 11 is 0. The summed E-state index contributed by atoms with van der Waals surface area (Å²) in [5.74, 6) is 1.54. The van der Waals surface area contributed by atoms with Gasteiger partial charge in [0.1, 0.15) is 22.7 Å². The number of para-hydroxylation sites is 1. The van der Waals surface area contributed by atoms with Crippen molar-refractivity contribution in [2.45, 2.75) is 18.9 Å². The largest absolute Gasteiger partial charge is 0.457 e. The van der Waals surface area contributed by atoms with E-state index in [9.17, 15) is 9.59 Å². The summed E-state index contributed by atoms with van der Waals surface area (Å²) < 4.78 is 7.62. The first-order valence-corrected chi connectivity index (χ1v) is 11.1. The third-order valence-electron chi connectivity index (χ3n) is 6.06. The van der Waals surface area contributed by atoms with Crippen molar-refractivity contribution in [1.29, 1.82) is 0 Å². The van der Waals surface area contributed by atoms with E-state index in [-0.39, 0.29) is 23.3 Å². The van der Waals surface area contributed by atoms with Gasteiger partial charge >= 0.3 is 0 Å². The molecule has 34 heavy (non-hydrogen) atoms. The minimum Gasteiger partial charge on any atom is -0.457 e. The molecule has 0 atom stereocenters. The van der Waals surface area contributed by atoms with Crippen molar-refractivity contribution < 1.29 is 9.53 Å². The summed E-state index contributed by atoms with van der Waals surface area (Å²) in [5, 5.41) is 11.8. The van der Waals surface area contributed by atoms with Crippen molar-refractivity contribution in [2.75, 3.05) is 18.8 Å². The molecule has 3 N–H and O–H groups in total. The number of amides is 1. The molecule has 3 heterocycles. The maximum atomic E-state index is 12.8. The van der Waals surface area contributed by atoms with Gasteiger partial charge in [-0.25, -0.2) is 5.10 Å². The number of ether oxygens (including phenoxy) is 1. The van der Waals surface area contributed by atoms with Gasteiger partial charge < -0.3 is 15.4 Å². The van der Waals surface area contributed by atoms with Gasteiger partial charge in [-0.15, -0.1) is 0 Å². The molecule has 0 aliphatic carbocycles. The molecular weight excluding hydrogens is 432 g/mol. The fourth-order valence-electron chi connectivity index (χ4n) is 4.35. The van der Waals surface area contributed by atoms with E-state index in [1.807, 2.05) is 54.6 Å². The van der Waals surface area contributed by atoms with E-state index in [0.29, 0.717) is 48.3 Å². The number of nitrogens with two attached hydrogens (primary N) is 1. The van der Waals surface area contributed by atoms with E-state index < -0.39 is 0 Å². The van der Waals surface area contributed by atoms with Gasteiger partial charge in [0.15, 0.2) is 5.82 Å². The first kappa shape index (κ1) is 21.4. The predicted molar refractivity (Wildman–Crippen MR) is 130 cm³/mol. The molecule has 1 fully saturated rings. The topological polar surface area (TPSA) is 119 Å². The van der Waals surface area contributed by atoms with E-state index in [1.54, 1.807) is 9.58 Å². The number of nitrogens with zero attached hydrogens (tertiary/aromatic N) is 4. The van der Waals surface area contributed by atoms with Crippen molar-refractivity contribution in [2.24, 2.45) is 0 Å². The Hall–Kier alpha value is -4.40. The minimum atomic E-state index is -0.350. The number of benzene rings is 2. The van der Waals surface area contributed by atoms with Crippen LogP contribution in [-0.2, 0) is 4.79 Å². The number of carbonyl (C=O) groups is 1. The van der Waals surface area contributed by atoms with Crippen LogP contribution in [0.15, 0.2) is 72.0 Å². The zero-order chi connectivity index (χ0) is 23.7. The van der Waals surface area contributed by atoms with Crippen LogP contribution in [0.25, 0.3) is 22.2 Å². The average Bonchev–Trinajstić information content (AvgIpc) is 3.29. The van der Waals surface area contributed by atoms with Crippen LogP contribution < -0.4 is 16.0 Å². The number of hydrogen-bond donors (Lipinski definition) is 2. The lowest BCUT2D eigenvalue weighted by molar-refractivity contribution is -0.127. The highest BCUT2D eigenvalue weighted by Gasteiger charge is 2.28. The molecule has 4 aromatic rings. The molecule has 0 radical (unpaired) electrons. The third-order valence-corrected chi connectivity index (χ3v) is 6.06. The monoisotopic (exact) mass is 456 g/mol. The number of H-pyrrole nitrogens is 1. The van der Waals surface area contributed by atoms with E-state index in [4.69, 9.17) is 15.6 Å². The Morgan fingerprint density at radius 1 is 1.09 bits per heavy atom. The maximum absolute atomic E-state index is 12.8. The fourth-order valence-corrected chi connectivity index (χ4v) is 4.35. The number of fused-ring (bicyclic) bond motifs is 1. The van der Waals surface area contributed by atoms with Crippen LogP contribution in [0.4, 0.5) is 5.82 Å². The number of anilines is 1. The number of carbonyl (C=O) groups excluding carboxylic acids is 1. The van der Waals surface area contributed by atoms with Crippen molar-refractivity contribution in [3.05, 3.63) is 77.6 Å². The highest BCUT2D eigenvalue weighted by atomic mass is 16.5. The zero-order valence-electron chi connectivity index (χ0n) is 18.5. The Labute approximate surface area is 195 Å². The third kappa shape index (κ3) is 3.92. The van der Waals surface area contributed by atoms with Crippen molar-refractivity contribution in [3.8, 4) is 22.8 Å². The van der Waals surface area contributed by atoms with E-state index in [0.717, 1.165) is 11.3 Å². The van der Waals surface area contributed by atoms with Gasteiger partial charge in [0, 0.05) is 18.7 Å². The lowest BCUT2D eigenvalue weighted by Crippen LogP contribution is -2.38. The number of aromatic amines is 1. The van der Waals surface area contributed by atoms with Gasteiger partial charge in [-0.3, -0.25) is 14.3 Å². The molecular formula is C25H24N6O3. The lowest BCUT2D eigenvalue weighted by atomic mass is 10.0. The quantitative estimate of drug-likeness (QED) is 0.444. The maximum Gasteiger partial charge on any atom is 0.290 e. The Bertz CT molecular complexity index is 1400. The van der Waals surface area contributed by atoms with Crippen LogP contribution in [0.3, 0.4) is 0 Å². The molecule has 0 saturated carbocycles. The Morgan fingerprint density at radius 3 is 2.44 bits per heavy atom. The smallest absolute Gasteiger partial charge is 0.290 e. The molecule has 1 aliphatic heterocycles. The minimum absolute atomic E-state index is 0.0475. The highest BCUT2D eigenvalue weighted by Crippen LogP contribution is 2.34. The number of rotatable bonds is 5. The molecule has 1 aliphatic rings. The second-order valence-corrected chi connectivity index (χ2v) is 8.15. The molecule has 1 amide bonds. The van der Waals surface area contributed by atoms with Crippen molar-refractivity contribution in [1.82, 2.24) is 24.9 Å². The fraction of sp³-hybridized carbons (Fsp3) is 0.200. The van der Waals surface area contributed by atoms with Crippen LogP contribution in [0.2, 0.25) is 0 Å². The first-order valence-electron chi connectivity index (χ1n) is 11.1. The van der Waals surface area contributed by atoms with Gasteiger partial charge in [-0.05, 0) is 55.3 Å². The normalized spacial score (nSPS) is 14.3. The van der Waals surface area contributed by atoms with Crippen LogP contribution in [0.5, 0.6) is 11.5 Å². The molecule has 9 nitrogen and oxygen atoms in total. The lowest BCUT2D eigenvalue weighted by Gasteiger charge is -2.31. The SMILES string of the molecule is C=CC(=O)N1CCC(n2nc(-c3ccc(Oc4ccccc4)cc3)c3c(N)n[nH]c(=O)c32)CC1. The summed E-state index contributed by atoms with van der Waals surface area (Å²) in [4.78, 5) is 26.5. The molecule has 0 unspecified atom stereocenters. The number of hydrogen-bond acceptors (Lipinski definition) is 6. The summed E-state index contributed by atoms with van der Waals surface area (Å²) in [5.41, 5.74) is 7.61. The van der Waals surface area contributed by atoms with Gasteiger partial charge in [0.05, 0.1) is 11.4 Å². The van der Waals surface area contributed by atoms with Crippen molar-refractivity contribution >= 4 is 22.6 Å². The molecule has 0 spiro atoms. The average molecular weight is 457 g/mol. The Kier molecular flexibility index (Phi) is 5.59. The van der Waals surface area contributed by atoms with E-state index >= 15 is 0 Å². The summed E-state index contributed by atoms with van der Waals surface area (Å²) in [6, 6.07) is 16.9. The van der Waals surface area contributed by atoms with E-state index in [1.165, 1.54) is 6.08 Å². The molecule has 172 valence electrons. The van der Waals surface area contributed by atoms with Gasteiger partial charge in [0.25, 0.3) is 5.56 Å². The number of nitrogen functional groups attached to an aromatic ring is 1. The summed E-state index contributed by atoms with van der Waals surface area (Å²) in [6.45, 7) is 4.69. The predicted octanol–water partition coefficient (Wildman–Crippen LogP) is 3.51.